The number of halogens is 2. The molecule has 1 aliphatic heterocycles. The zero-order valence-corrected chi connectivity index (χ0v) is 18.7. The number of thioether (sulfide) groups is 2. The number of carbonyl (C=O) groups is 2. The van der Waals surface area contributed by atoms with E-state index in [1.807, 2.05) is 0 Å². The number of hydrazone groups is 1. The van der Waals surface area contributed by atoms with Crippen molar-refractivity contribution in [2.24, 2.45) is 10.9 Å². The molecule has 1 atom stereocenters. The van der Waals surface area contributed by atoms with Crippen molar-refractivity contribution in [2.45, 2.75) is 19.6 Å². The van der Waals surface area contributed by atoms with Gasteiger partial charge in [0.25, 0.3) is 0 Å². The second kappa shape index (κ2) is 12.6. The lowest BCUT2D eigenvalue weighted by atomic mass is 10.1. The molecule has 2 amide bonds. The van der Waals surface area contributed by atoms with Gasteiger partial charge in [-0.25, -0.2) is 8.78 Å². The molecule has 1 fully saturated rings. The smallest absolute Gasteiger partial charge is 0.230 e. The fraction of sp³-hybridized carbons (Fsp3) is 0.421. The zero-order chi connectivity index (χ0) is 22.8. The SMILES string of the molecule is C=C(SCC(=O)NC[C@H]1CN(Cc2ccc(F)c(F)c2)CCO1)S/C(=N\N)NC(C)=O. The van der Waals surface area contributed by atoms with Crippen molar-refractivity contribution in [3.05, 3.63) is 46.2 Å². The largest absolute Gasteiger partial charge is 0.374 e. The van der Waals surface area contributed by atoms with E-state index >= 15 is 0 Å². The first-order valence-corrected chi connectivity index (χ1v) is 11.2. The average Bonchev–Trinajstić information content (AvgIpc) is 2.73. The maximum absolute atomic E-state index is 13.4. The number of rotatable bonds is 8. The second-order valence-electron chi connectivity index (χ2n) is 6.66. The topological polar surface area (TPSA) is 109 Å². The highest BCUT2D eigenvalue weighted by atomic mass is 32.2. The minimum atomic E-state index is -0.869. The first kappa shape index (κ1) is 25.1. The number of nitrogens with zero attached hydrogens (tertiary/aromatic N) is 2. The van der Waals surface area contributed by atoms with Crippen LogP contribution in [-0.2, 0) is 20.9 Å². The minimum Gasteiger partial charge on any atom is -0.374 e. The normalized spacial score (nSPS) is 17.3. The first-order chi connectivity index (χ1) is 14.8. The Hall–Kier alpha value is -2.15. The van der Waals surface area contributed by atoms with Crippen molar-refractivity contribution >= 4 is 40.5 Å². The number of hydrogen-bond donors (Lipinski definition) is 3. The van der Waals surface area contributed by atoms with Crippen LogP contribution in [0.3, 0.4) is 0 Å². The van der Waals surface area contributed by atoms with Crippen LogP contribution in [0, 0.1) is 11.6 Å². The van der Waals surface area contributed by atoms with Crippen LogP contribution in [0.25, 0.3) is 0 Å². The Morgan fingerprint density at radius 1 is 1.39 bits per heavy atom. The predicted molar refractivity (Wildman–Crippen MR) is 119 cm³/mol. The lowest BCUT2D eigenvalue weighted by Crippen LogP contribution is -2.47. The van der Waals surface area contributed by atoms with Crippen LogP contribution in [0.4, 0.5) is 8.78 Å². The lowest BCUT2D eigenvalue weighted by Gasteiger charge is -2.33. The quantitative estimate of drug-likeness (QED) is 0.228. The summed E-state index contributed by atoms with van der Waals surface area (Å²) in [5.74, 6) is 3.09. The molecule has 0 bridgehead atoms. The Bertz CT molecular complexity index is 841. The summed E-state index contributed by atoms with van der Waals surface area (Å²) in [4.78, 5) is 25.2. The fourth-order valence-corrected chi connectivity index (χ4v) is 4.25. The van der Waals surface area contributed by atoms with Gasteiger partial charge in [-0.2, -0.15) is 5.10 Å². The third kappa shape index (κ3) is 9.25. The molecule has 1 heterocycles. The monoisotopic (exact) mass is 473 g/mol. The Kier molecular flexibility index (Phi) is 10.2. The second-order valence-corrected chi connectivity index (χ2v) is 9.07. The third-order valence-electron chi connectivity index (χ3n) is 4.11. The van der Waals surface area contributed by atoms with Gasteiger partial charge in [0.05, 0.1) is 18.5 Å². The van der Waals surface area contributed by atoms with Gasteiger partial charge in [0.15, 0.2) is 16.8 Å². The maximum Gasteiger partial charge on any atom is 0.230 e. The van der Waals surface area contributed by atoms with Crippen LogP contribution in [0.1, 0.15) is 12.5 Å². The van der Waals surface area contributed by atoms with Crippen molar-refractivity contribution in [2.75, 3.05) is 32.0 Å². The molecule has 31 heavy (non-hydrogen) atoms. The van der Waals surface area contributed by atoms with Gasteiger partial charge in [0.2, 0.25) is 11.8 Å². The number of amidine groups is 1. The summed E-state index contributed by atoms with van der Waals surface area (Å²) in [7, 11) is 0. The van der Waals surface area contributed by atoms with E-state index in [1.165, 1.54) is 24.8 Å². The average molecular weight is 474 g/mol. The number of carbonyl (C=O) groups excluding carboxylic acids is 2. The van der Waals surface area contributed by atoms with Crippen LogP contribution in [0.15, 0.2) is 34.1 Å². The molecular weight excluding hydrogens is 448 g/mol. The predicted octanol–water partition coefficient (Wildman–Crippen LogP) is 1.59. The van der Waals surface area contributed by atoms with Crippen molar-refractivity contribution in [1.29, 1.82) is 0 Å². The number of nitrogens with two attached hydrogens (primary N) is 1. The summed E-state index contributed by atoms with van der Waals surface area (Å²) in [5.41, 5.74) is 0.677. The summed E-state index contributed by atoms with van der Waals surface area (Å²) in [6, 6.07) is 3.86. The van der Waals surface area contributed by atoms with Gasteiger partial charge in [0.1, 0.15) is 0 Å². The maximum atomic E-state index is 13.4. The van der Waals surface area contributed by atoms with E-state index in [0.717, 1.165) is 17.8 Å². The molecule has 0 unspecified atom stereocenters. The Labute approximate surface area is 188 Å². The van der Waals surface area contributed by atoms with Crippen molar-refractivity contribution in [1.82, 2.24) is 15.5 Å². The van der Waals surface area contributed by atoms with E-state index in [2.05, 4.69) is 27.2 Å². The van der Waals surface area contributed by atoms with Crippen LogP contribution in [0.5, 0.6) is 0 Å². The summed E-state index contributed by atoms with van der Waals surface area (Å²) in [6.07, 6.45) is -0.207. The molecular formula is C19H25F2N5O3S2. The van der Waals surface area contributed by atoms with E-state index in [1.54, 1.807) is 6.07 Å². The van der Waals surface area contributed by atoms with Gasteiger partial charge in [-0.15, -0.1) is 11.8 Å². The molecule has 1 aliphatic rings. The summed E-state index contributed by atoms with van der Waals surface area (Å²) in [6.45, 7) is 7.64. The van der Waals surface area contributed by atoms with Gasteiger partial charge in [-0.3, -0.25) is 14.5 Å². The Balaban J connectivity index is 1.70. The molecule has 0 aromatic heterocycles. The highest BCUT2D eigenvalue weighted by molar-refractivity contribution is 8.29. The number of amides is 2. The van der Waals surface area contributed by atoms with E-state index in [9.17, 15) is 18.4 Å². The van der Waals surface area contributed by atoms with E-state index in [-0.39, 0.29) is 28.8 Å². The van der Waals surface area contributed by atoms with E-state index < -0.39 is 11.6 Å². The van der Waals surface area contributed by atoms with Gasteiger partial charge in [-0.1, -0.05) is 12.6 Å². The highest BCUT2D eigenvalue weighted by Gasteiger charge is 2.21. The molecule has 4 N–H and O–H groups in total. The van der Waals surface area contributed by atoms with E-state index in [4.69, 9.17) is 10.6 Å². The molecule has 0 radical (unpaired) electrons. The molecule has 170 valence electrons. The molecule has 1 saturated heterocycles. The summed E-state index contributed by atoms with van der Waals surface area (Å²) in [5, 5.41) is 8.92. The standard InChI is InChI=1S/C19H25F2N5O3S2/c1-12(27)24-19(25-22)31-13(2)30-11-18(28)23-8-15-10-26(5-6-29-15)9-14-3-4-16(20)17(21)7-14/h3-4,7,15H,2,5-6,8-11,22H2,1H3,(H,23,28)(H,24,25,27)/t15-/m0/s1. The first-order valence-electron chi connectivity index (χ1n) is 9.36. The molecule has 0 spiro atoms. The zero-order valence-electron chi connectivity index (χ0n) is 17.0. The van der Waals surface area contributed by atoms with Crippen LogP contribution in [0.2, 0.25) is 0 Å². The van der Waals surface area contributed by atoms with Crippen LogP contribution < -0.4 is 16.5 Å². The van der Waals surface area contributed by atoms with Crippen molar-refractivity contribution in [3.63, 3.8) is 0 Å². The highest BCUT2D eigenvalue weighted by Crippen LogP contribution is 2.26. The Morgan fingerprint density at radius 2 is 2.16 bits per heavy atom. The van der Waals surface area contributed by atoms with Crippen molar-refractivity contribution < 1.29 is 23.1 Å². The number of hydrogen-bond acceptors (Lipinski definition) is 8. The molecule has 0 saturated carbocycles. The summed E-state index contributed by atoms with van der Waals surface area (Å²) >= 11 is 2.26. The van der Waals surface area contributed by atoms with Crippen molar-refractivity contribution in [3.8, 4) is 0 Å². The number of nitrogens with one attached hydrogen (secondary N) is 2. The van der Waals surface area contributed by atoms with Gasteiger partial charge in [-0.05, 0) is 29.5 Å². The number of benzene rings is 1. The molecule has 1 aromatic rings. The Morgan fingerprint density at radius 3 is 2.84 bits per heavy atom. The molecule has 0 aliphatic carbocycles. The fourth-order valence-electron chi connectivity index (χ4n) is 2.74. The van der Waals surface area contributed by atoms with Gasteiger partial charge in [0, 0.05) is 37.3 Å². The summed E-state index contributed by atoms with van der Waals surface area (Å²) < 4.78 is 32.7. The number of morpholine rings is 1. The third-order valence-corrected chi connectivity index (χ3v) is 6.08. The molecule has 1 aromatic carbocycles. The van der Waals surface area contributed by atoms with Gasteiger partial charge < -0.3 is 21.2 Å². The molecule has 12 heteroatoms. The minimum absolute atomic E-state index is 0.134. The lowest BCUT2D eigenvalue weighted by molar-refractivity contribution is -0.120. The molecule has 2 rings (SSSR count). The van der Waals surface area contributed by atoms with Crippen LogP contribution in [-0.4, -0.2) is 60.0 Å². The van der Waals surface area contributed by atoms with Crippen LogP contribution >= 0.6 is 23.5 Å². The number of ether oxygens (including phenoxy) is 1. The van der Waals surface area contributed by atoms with Gasteiger partial charge >= 0.3 is 0 Å². The van der Waals surface area contributed by atoms with E-state index in [0.29, 0.717) is 42.6 Å². The molecule has 8 nitrogen and oxygen atoms in total.